The molecule has 5 nitrogen and oxygen atoms in total. The Labute approximate surface area is 92.0 Å². The van der Waals surface area contributed by atoms with Gasteiger partial charge >= 0.3 is 5.97 Å². The third-order valence-corrected chi connectivity index (χ3v) is 3.66. The van der Waals surface area contributed by atoms with Crippen LogP contribution >= 0.6 is 11.8 Å². The van der Waals surface area contributed by atoms with Crippen molar-refractivity contribution in [3.05, 3.63) is 11.4 Å². The molecule has 0 spiro atoms. The minimum atomic E-state index is -0.381. The Morgan fingerprint density at radius 1 is 1.67 bits per heavy atom. The molecule has 0 amide bonds. The van der Waals surface area contributed by atoms with E-state index in [0.29, 0.717) is 17.6 Å². The highest BCUT2D eigenvalue weighted by Gasteiger charge is 2.27. The van der Waals surface area contributed by atoms with Gasteiger partial charge in [-0.1, -0.05) is 0 Å². The summed E-state index contributed by atoms with van der Waals surface area (Å²) in [6.07, 6.45) is 2.23. The maximum Gasteiger partial charge on any atom is 0.360 e. The zero-order valence-electron chi connectivity index (χ0n) is 8.52. The second kappa shape index (κ2) is 4.65. The molecule has 1 N–H and O–H groups in total. The van der Waals surface area contributed by atoms with E-state index in [-0.39, 0.29) is 5.97 Å². The molecule has 1 atom stereocenters. The molecular formula is C9H13N3O2S. The molecule has 1 aliphatic heterocycles. The lowest BCUT2D eigenvalue weighted by atomic mass is 10.1. The Balaban J connectivity index is 2.17. The fourth-order valence-corrected chi connectivity index (χ4v) is 2.88. The molecule has 15 heavy (non-hydrogen) atoms. The van der Waals surface area contributed by atoms with Crippen LogP contribution in [0.1, 0.15) is 41.2 Å². The molecule has 82 valence electrons. The fraction of sp³-hybridized carbons (Fsp3) is 0.667. The zero-order chi connectivity index (χ0) is 10.7. The van der Waals surface area contributed by atoms with E-state index in [4.69, 9.17) is 4.74 Å². The first kappa shape index (κ1) is 10.5. The molecule has 1 fully saturated rings. The third-order valence-electron chi connectivity index (χ3n) is 2.28. The maximum absolute atomic E-state index is 11.5. The van der Waals surface area contributed by atoms with Crippen molar-refractivity contribution in [2.24, 2.45) is 0 Å². The topological polar surface area (TPSA) is 67.9 Å². The molecule has 1 saturated heterocycles. The second-order valence-electron chi connectivity index (χ2n) is 3.28. The van der Waals surface area contributed by atoms with Crippen LogP contribution in [0, 0.1) is 0 Å². The van der Waals surface area contributed by atoms with Gasteiger partial charge in [0.05, 0.1) is 11.9 Å². The van der Waals surface area contributed by atoms with Crippen molar-refractivity contribution in [1.82, 2.24) is 15.4 Å². The van der Waals surface area contributed by atoms with Crippen LogP contribution in [-0.2, 0) is 4.74 Å². The number of H-pyrrole nitrogens is 1. The van der Waals surface area contributed by atoms with E-state index >= 15 is 0 Å². The molecule has 1 unspecified atom stereocenters. The predicted molar refractivity (Wildman–Crippen MR) is 56.8 cm³/mol. The van der Waals surface area contributed by atoms with Gasteiger partial charge in [0, 0.05) is 0 Å². The first-order valence-corrected chi connectivity index (χ1v) is 6.07. The number of esters is 1. The number of aromatic amines is 1. The standard InChI is InChI=1S/C9H13N3O2S/c1-2-14-9(13)8-7(10-12-11-8)6-4-3-5-15-6/h6H,2-5H2,1H3,(H,10,11,12). The number of hydrogen-bond acceptors (Lipinski definition) is 5. The molecule has 0 radical (unpaired) electrons. The highest BCUT2D eigenvalue weighted by molar-refractivity contribution is 7.99. The molecule has 0 aliphatic carbocycles. The van der Waals surface area contributed by atoms with Gasteiger partial charge < -0.3 is 4.74 Å². The summed E-state index contributed by atoms with van der Waals surface area (Å²) in [7, 11) is 0. The monoisotopic (exact) mass is 227 g/mol. The summed E-state index contributed by atoms with van der Waals surface area (Å²) < 4.78 is 4.92. The third kappa shape index (κ3) is 2.14. The van der Waals surface area contributed by atoms with Crippen molar-refractivity contribution in [2.45, 2.75) is 25.0 Å². The number of hydrogen-bond donors (Lipinski definition) is 1. The van der Waals surface area contributed by atoms with Crippen LogP contribution in [0.2, 0.25) is 0 Å². The highest BCUT2D eigenvalue weighted by atomic mass is 32.2. The molecule has 0 aromatic carbocycles. The number of carbonyl (C=O) groups is 1. The van der Waals surface area contributed by atoms with E-state index in [1.807, 2.05) is 11.8 Å². The van der Waals surface area contributed by atoms with Crippen molar-refractivity contribution in [3.63, 3.8) is 0 Å². The lowest BCUT2D eigenvalue weighted by Gasteiger charge is -2.05. The van der Waals surface area contributed by atoms with Gasteiger partial charge in [0.2, 0.25) is 0 Å². The molecule has 1 aromatic rings. The quantitative estimate of drug-likeness (QED) is 0.793. The number of aromatic nitrogens is 3. The number of carbonyl (C=O) groups excluding carboxylic acids is 1. The van der Waals surface area contributed by atoms with Crippen LogP contribution < -0.4 is 0 Å². The Morgan fingerprint density at radius 2 is 2.53 bits per heavy atom. The van der Waals surface area contributed by atoms with Gasteiger partial charge in [0.25, 0.3) is 0 Å². The summed E-state index contributed by atoms with van der Waals surface area (Å²) in [5.41, 5.74) is 1.09. The van der Waals surface area contributed by atoms with Crippen molar-refractivity contribution < 1.29 is 9.53 Å². The summed E-state index contributed by atoms with van der Waals surface area (Å²) >= 11 is 1.82. The molecule has 2 heterocycles. The smallest absolute Gasteiger partial charge is 0.360 e. The first-order chi connectivity index (χ1) is 7.33. The number of thioether (sulfide) groups is 1. The lowest BCUT2D eigenvalue weighted by Crippen LogP contribution is -2.09. The minimum absolute atomic E-state index is 0.295. The van der Waals surface area contributed by atoms with Gasteiger partial charge in [-0.3, -0.25) is 0 Å². The fourth-order valence-electron chi connectivity index (χ4n) is 1.61. The summed E-state index contributed by atoms with van der Waals surface area (Å²) in [5, 5.41) is 10.7. The van der Waals surface area contributed by atoms with E-state index in [1.54, 1.807) is 6.92 Å². The van der Waals surface area contributed by atoms with E-state index in [1.165, 1.54) is 6.42 Å². The average molecular weight is 227 g/mol. The lowest BCUT2D eigenvalue weighted by molar-refractivity contribution is 0.0518. The zero-order valence-corrected chi connectivity index (χ0v) is 9.34. The van der Waals surface area contributed by atoms with Gasteiger partial charge in [-0.25, -0.2) is 4.79 Å². The highest BCUT2D eigenvalue weighted by Crippen LogP contribution is 2.39. The second-order valence-corrected chi connectivity index (χ2v) is 4.59. The van der Waals surface area contributed by atoms with Gasteiger partial charge in [0.15, 0.2) is 5.69 Å². The maximum atomic E-state index is 11.5. The Hall–Kier alpha value is -1.04. The number of nitrogens with zero attached hydrogens (tertiary/aromatic N) is 2. The van der Waals surface area contributed by atoms with Crippen LogP contribution in [-0.4, -0.2) is 33.7 Å². The molecule has 1 aliphatic rings. The van der Waals surface area contributed by atoms with E-state index in [9.17, 15) is 4.79 Å². The molecule has 0 bridgehead atoms. The van der Waals surface area contributed by atoms with Gasteiger partial charge in [-0.15, -0.1) is 5.10 Å². The van der Waals surface area contributed by atoms with Crippen molar-refractivity contribution in [2.75, 3.05) is 12.4 Å². The Bertz CT molecular complexity index is 347. The van der Waals surface area contributed by atoms with Crippen LogP contribution in [0.4, 0.5) is 0 Å². The van der Waals surface area contributed by atoms with E-state index in [0.717, 1.165) is 17.9 Å². The SMILES string of the molecule is CCOC(=O)c1n[nH]nc1C1CCCS1. The van der Waals surface area contributed by atoms with Gasteiger partial charge in [-0.05, 0) is 25.5 Å². The molecule has 0 saturated carbocycles. The Kier molecular flexibility index (Phi) is 3.25. The summed E-state index contributed by atoms with van der Waals surface area (Å²) in [5.74, 6) is 0.744. The summed E-state index contributed by atoms with van der Waals surface area (Å²) in [6.45, 7) is 2.14. The van der Waals surface area contributed by atoms with Crippen LogP contribution in [0.5, 0.6) is 0 Å². The molecule has 1 aromatic heterocycles. The van der Waals surface area contributed by atoms with E-state index < -0.39 is 0 Å². The minimum Gasteiger partial charge on any atom is -0.461 e. The summed E-state index contributed by atoms with van der Waals surface area (Å²) in [6, 6.07) is 0. The van der Waals surface area contributed by atoms with Crippen LogP contribution in [0.3, 0.4) is 0 Å². The predicted octanol–water partition coefficient (Wildman–Crippen LogP) is 1.55. The largest absolute Gasteiger partial charge is 0.461 e. The van der Waals surface area contributed by atoms with Gasteiger partial charge in [-0.2, -0.15) is 22.1 Å². The molecular weight excluding hydrogens is 214 g/mol. The van der Waals surface area contributed by atoms with Crippen LogP contribution in [0.25, 0.3) is 0 Å². The van der Waals surface area contributed by atoms with E-state index in [2.05, 4.69) is 15.4 Å². The van der Waals surface area contributed by atoms with Crippen LogP contribution in [0.15, 0.2) is 0 Å². The van der Waals surface area contributed by atoms with Crippen molar-refractivity contribution in [3.8, 4) is 0 Å². The van der Waals surface area contributed by atoms with Crippen molar-refractivity contribution >= 4 is 17.7 Å². The Morgan fingerprint density at radius 3 is 3.20 bits per heavy atom. The number of rotatable bonds is 3. The van der Waals surface area contributed by atoms with Crippen molar-refractivity contribution in [1.29, 1.82) is 0 Å². The van der Waals surface area contributed by atoms with Gasteiger partial charge in [0.1, 0.15) is 5.69 Å². The molecule has 2 rings (SSSR count). The average Bonchev–Trinajstić information content (AvgIpc) is 2.88. The number of nitrogens with one attached hydrogen (secondary N) is 1. The summed E-state index contributed by atoms with van der Waals surface area (Å²) in [4.78, 5) is 11.5. The molecule has 6 heteroatoms. The first-order valence-electron chi connectivity index (χ1n) is 5.02. The normalized spacial score (nSPS) is 20.5. The number of ether oxygens (including phenoxy) is 1.